The highest BCUT2D eigenvalue weighted by Crippen LogP contribution is 2.39. The van der Waals surface area contributed by atoms with Crippen LogP contribution in [0.15, 0.2) is 187 Å². The second-order valence-corrected chi connectivity index (χ2v) is 14.3. The van der Waals surface area contributed by atoms with Crippen molar-refractivity contribution in [2.24, 2.45) is 0 Å². The molecule has 0 unspecified atom stereocenters. The van der Waals surface area contributed by atoms with E-state index in [1.807, 2.05) is 60.7 Å². The van der Waals surface area contributed by atoms with Crippen molar-refractivity contribution < 1.29 is 4.42 Å². The number of hydrogen-bond acceptors (Lipinski definition) is 5. The average Bonchev–Trinajstić information content (AvgIpc) is 3.94. The van der Waals surface area contributed by atoms with Crippen molar-refractivity contribution in [3.63, 3.8) is 0 Å². The van der Waals surface area contributed by atoms with E-state index in [-0.39, 0.29) is 0 Å². The summed E-state index contributed by atoms with van der Waals surface area (Å²) in [4.78, 5) is 20.0. The van der Waals surface area contributed by atoms with Crippen molar-refractivity contribution in [3.8, 4) is 45.5 Å². The number of fused-ring (bicyclic) bond motifs is 9. The maximum Gasteiger partial charge on any atom is 0.238 e. The molecule has 0 bridgehead atoms. The molecule has 0 saturated heterocycles. The molecular formula is C50H30N6O. The average molecular weight is 731 g/mol. The lowest BCUT2D eigenvalue weighted by molar-refractivity contribution is 0.654. The second kappa shape index (κ2) is 12.3. The molecule has 5 heterocycles. The molecule has 12 aromatic rings. The van der Waals surface area contributed by atoms with Crippen LogP contribution in [0, 0.1) is 0 Å². The first-order valence-electron chi connectivity index (χ1n) is 19.0. The quantitative estimate of drug-likeness (QED) is 0.176. The van der Waals surface area contributed by atoms with Crippen molar-refractivity contribution >= 4 is 65.7 Å². The molecule has 0 aliphatic heterocycles. The Morgan fingerprint density at radius 2 is 1.05 bits per heavy atom. The molecule has 0 saturated carbocycles. The third kappa shape index (κ3) is 4.86. The largest absolute Gasteiger partial charge is 0.438 e. The number of hydrogen-bond donors (Lipinski definition) is 0. The van der Waals surface area contributed by atoms with Crippen molar-refractivity contribution in [2.75, 3.05) is 0 Å². The molecule has 0 amide bonds. The fraction of sp³-hybridized carbons (Fsp3) is 0. The normalized spacial score (nSPS) is 11.9. The highest BCUT2D eigenvalue weighted by Gasteiger charge is 2.21. The van der Waals surface area contributed by atoms with Gasteiger partial charge in [-0.2, -0.15) is 9.97 Å². The first-order valence-corrected chi connectivity index (χ1v) is 19.0. The van der Waals surface area contributed by atoms with Gasteiger partial charge in [-0.1, -0.05) is 115 Å². The van der Waals surface area contributed by atoms with E-state index in [1.165, 1.54) is 21.8 Å². The first-order chi connectivity index (χ1) is 28.3. The molecule has 7 heteroatoms. The van der Waals surface area contributed by atoms with Crippen LogP contribution >= 0.6 is 0 Å². The summed E-state index contributed by atoms with van der Waals surface area (Å²) in [6.07, 6.45) is 1.75. The van der Waals surface area contributed by atoms with E-state index in [2.05, 4.69) is 129 Å². The van der Waals surface area contributed by atoms with Crippen LogP contribution in [0.25, 0.3) is 111 Å². The Morgan fingerprint density at radius 1 is 0.404 bits per heavy atom. The van der Waals surface area contributed by atoms with Crippen LogP contribution < -0.4 is 0 Å². The third-order valence-electron chi connectivity index (χ3n) is 11.1. The van der Waals surface area contributed by atoms with Gasteiger partial charge in [-0.3, -0.25) is 4.57 Å². The fourth-order valence-electron chi connectivity index (χ4n) is 8.52. The molecule has 266 valence electrons. The van der Waals surface area contributed by atoms with Crippen molar-refractivity contribution in [2.45, 2.75) is 0 Å². The van der Waals surface area contributed by atoms with E-state index >= 15 is 0 Å². The van der Waals surface area contributed by atoms with Crippen LogP contribution in [0.5, 0.6) is 0 Å². The Morgan fingerprint density at radius 3 is 1.89 bits per heavy atom. The Kier molecular flexibility index (Phi) is 6.79. The number of aromatic nitrogens is 6. The van der Waals surface area contributed by atoms with Gasteiger partial charge in [-0.25, -0.2) is 9.97 Å². The van der Waals surface area contributed by atoms with Gasteiger partial charge in [0.1, 0.15) is 5.58 Å². The zero-order valence-electron chi connectivity index (χ0n) is 30.4. The summed E-state index contributed by atoms with van der Waals surface area (Å²) < 4.78 is 10.7. The van der Waals surface area contributed by atoms with Gasteiger partial charge in [-0.05, 0) is 71.8 Å². The van der Waals surface area contributed by atoms with Crippen molar-refractivity contribution in [3.05, 3.63) is 182 Å². The molecule has 0 N–H and O–H groups in total. The number of rotatable bonds is 5. The van der Waals surface area contributed by atoms with Gasteiger partial charge >= 0.3 is 0 Å². The zero-order valence-corrected chi connectivity index (χ0v) is 30.4. The van der Waals surface area contributed by atoms with Crippen LogP contribution in [0.2, 0.25) is 0 Å². The number of benzene rings is 7. The molecule has 7 aromatic carbocycles. The first kappa shape index (κ1) is 31.5. The lowest BCUT2D eigenvalue weighted by Crippen LogP contribution is -2.06. The maximum absolute atomic E-state index is 6.17. The third-order valence-corrected chi connectivity index (χ3v) is 11.1. The summed E-state index contributed by atoms with van der Waals surface area (Å²) in [5.74, 6) is 1.68. The molecule has 0 spiro atoms. The summed E-state index contributed by atoms with van der Waals surface area (Å²) in [5, 5.41) is 6.54. The van der Waals surface area contributed by atoms with Gasteiger partial charge < -0.3 is 8.98 Å². The molecule has 0 fully saturated rings. The number of furan rings is 1. The Hall–Kier alpha value is -7.90. The van der Waals surface area contributed by atoms with Gasteiger partial charge in [0.25, 0.3) is 0 Å². The fourth-order valence-corrected chi connectivity index (χ4v) is 8.52. The highest BCUT2D eigenvalue weighted by atomic mass is 16.3. The molecule has 0 atom stereocenters. The minimum absolute atomic E-state index is 0.537. The topological polar surface area (TPSA) is 74.6 Å². The molecule has 5 aromatic heterocycles. The van der Waals surface area contributed by atoms with Crippen molar-refractivity contribution in [1.82, 2.24) is 29.1 Å². The summed E-state index contributed by atoms with van der Waals surface area (Å²) in [6, 6.07) is 61.3. The molecule has 7 nitrogen and oxygen atoms in total. The number of para-hydroxylation sites is 3. The van der Waals surface area contributed by atoms with E-state index in [4.69, 9.17) is 19.4 Å². The Labute approximate surface area is 325 Å². The smallest absolute Gasteiger partial charge is 0.238 e. The van der Waals surface area contributed by atoms with Gasteiger partial charge in [-0.15, -0.1) is 0 Å². The van der Waals surface area contributed by atoms with Crippen LogP contribution in [-0.2, 0) is 0 Å². The molecule has 12 rings (SSSR count). The summed E-state index contributed by atoms with van der Waals surface area (Å²) >= 11 is 0. The summed E-state index contributed by atoms with van der Waals surface area (Å²) in [7, 11) is 0. The van der Waals surface area contributed by atoms with Gasteiger partial charge in [0.15, 0.2) is 11.6 Å². The predicted molar refractivity (Wildman–Crippen MR) is 230 cm³/mol. The maximum atomic E-state index is 6.17. The van der Waals surface area contributed by atoms with Crippen LogP contribution in [0.1, 0.15) is 0 Å². The van der Waals surface area contributed by atoms with Crippen LogP contribution in [-0.4, -0.2) is 29.1 Å². The standard InChI is InChI=1S/C50H30N6O/c1-3-13-31(14-4-1)47-52-48(38-19-11-23-45-46(38)39-20-12-28-51-49(39)57-45)54-50(53-47)56-42-22-10-8-18-36(42)40-29-32(25-27-43(40)56)33-24-26-37-35-17-7-9-21-41(35)55(44(37)30-33)34-15-5-2-6-16-34/h1-30H. The Bertz CT molecular complexity index is 3530. The van der Waals surface area contributed by atoms with E-state index in [0.717, 1.165) is 66.1 Å². The van der Waals surface area contributed by atoms with Crippen LogP contribution in [0.4, 0.5) is 0 Å². The second-order valence-electron chi connectivity index (χ2n) is 14.3. The van der Waals surface area contributed by atoms with Crippen molar-refractivity contribution in [1.29, 1.82) is 0 Å². The molecule has 0 aliphatic rings. The molecule has 57 heavy (non-hydrogen) atoms. The summed E-state index contributed by atoms with van der Waals surface area (Å²) in [5.41, 5.74) is 10.9. The number of nitrogens with zero attached hydrogens (tertiary/aromatic N) is 6. The van der Waals surface area contributed by atoms with E-state index < -0.39 is 0 Å². The van der Waals surface area contributed by atoms with Crippen LogP contribution in [0.3, 0.4) is 0 Å². The van der Waals surface area contributed by atoms with Gasteiger partial charge in [0.05, 0.1) is 22.1 Å². The van der Waals surface area contributed by atoms with Gasteiger partial charge in [0.2, 0.25) is 11.7 Å². The monoisotopic (exact) mass is 730 g/mol. The summed E-state index contributed by atoms with van der Waals surface area (Å²) in [6.45, 7) is 0. The lowest BCUT2D eigenvalue weighted by Gasteiger charge is -2.12. The minimum atomic E-state index is 0.537. The minimum Gasteiger partial charge on any atom is -0.438 e. The zero-order chi connectivity index (χ0) is 37.5. The van der Waals surface area contributed by atoms with E-state index in [0.29, 0.717) is 23.3 Å². The molecular weight excluding hydrogens is 701 g/mol. The van der Waals surface area contributed by atoms with E-state index in [9.17, 15) is 0 Å². The molecule has 0 radical (unpaired) electrons. The SMILES string of the molecule is c1ccc(-c2nc(-c3cccc4oc5ncccc5c34)nc(-n3c4ccccc4c4cc(-c5ccc6c7ccccc7n(-c7ccccc7)c6c5)ccc43)n2)cc1. The molecule has 0 aliphatic carbocycles. The number of pyridine rings is 1. The lowest BCUT2D eigenvalue weighted by atomic mass is 10.0. The Balaban J connectivity index is 1.08. The van der Waals surface area contributed by atoms with Gasteiger partial charge in [0, 0.05) is 55.3 Å². The highest BCUT2D eigenvalue weighted by molar-refractivity contribution is 6.13. The van der Waals surface area contributed by atoms with E-state index in [1.54, 1.807) is 6.20 Å². The predicted octanol–water partition coefficient (Wildman–Crippen LogP) is 12.4.